The van der Waals surface area contributed by atoms with E-state index in [0.29, 0.717) is 16.7 Å². The van der Waals surface area contributed by atoms with E-state index in [2.05, 4.69) is 35.9 Å². The topological polar surface area (TPSA) is 37.9 Å². The minimum atomic E-state index is 0.322. The molecule has 20 heavy (non-hydrogen) atoms. The second kappa shape index (κ2) is 5.37. The van der Waals surface area contributed by atoms with Crippen molar-refractivity contribution in [2.75, 3.05) is 0 Å². The predicted octanol–water partition coefficient (Wildman–Crippen LogP) is 4.47. The fraction of sp³-hybridized carbons (Fsp3) is 0.375. The molecule has 1 aliphatic carbocycles. The van der Waals surface area contributed by atoms with Crippen molar-refractivity contribution in [1.29, 1.82) is 0 Å². The zero-order valence-electron chi connectivity index (χ0n) is 11.7. The molecule has 1 N–H and O–H groups in total. The molecule has 0 amide bonds. The van der Waals surface area contributed by atoms with E-state index in [4.69, 9.17) is 17.0 Å². The Labute approximate surface area is 124 Å². The van der Waals surface area contributed by atoms with Gasteiger partial charge in [0.2, 0.25) is 0 Å². The Hall–Kier alpha value is -1.68. The quantitative estimate of drug-likeness (QED) is 0.843. The van der Waals surface area contributed by atoms with Gasteiger partial charge < -0.3 is 9.72 Å². The van der Waals surface area contributed by atoms with Crippen molar-refractivity contribution < 1.29 is 4.74 Å². The molecule has 0 saturated heterocycles. The number of hydrogen-bond acceptors (Lipinski definition) is 3. The number of aromatic amines is 1. The SMILES string of the molecule is CC(C)c1nc(=S)cc(-c2cccc(OC3CC3)c2)[nH]1. The minimum absolute atomic E-state index is 0.322. The number of nitrogens with one attached hydrogen (secondary N) is 1. The van der Waals surface area contributed by atoms with E-state index >= 15 is 0 Å². The van der Waals surface area contributed by atoms with Crippen LogP contribution in [0.4, 0.5) is 0 Å². The van der Waals surface area contributed by atoms with E-state index in [0.717, 1.165) is 22.8 Å². The molecule has 104 valence electrons. The Morgan fingerprint density at radius 1 is 1.30 bits per heavy atom. The molecule has 0 aliphatic heterocycles. The average Bonchev–Trinajstić information content (AvgIpc) is 3.22. The average molecular weight is 286 g/mol. The third-order valence-corrected chi connectivity index (χ3v) is 3.49. The van der Waals surface area contributed by atoms with Gasteiger partial charge in [-0.25, -0.2) is 4.98 Å². The van der Waals surface area contributed by atoms with E-state index in [1.54, 1.807) is 0 Å². The molecule has 2 aromatic rings. The largest absolute Gasteiger partial charge is 0.490 e. The highest BCUT2D eigenvalue weighted by molar-refractivity contribution is 7.71. The second-order valence-corrected chi connectivity index (χ2v) is 5.94. The number of nitrogens with zero attached hydrogens (tertiary/aromatic N) is 1. The summed E-state index contributed by atoms with van der Waals surface area (Å²) in [5.41, 5.74) is 2.08. The summed E-state index contributed by atoms with van der Waals surface area (Å²) in [5.74, 6) is 2.16. The number of H-pyrrole nitrogens is 1. The van der Waals surface area contributed by atoms with Gasteiger partial charge in [0, 0.05) is 17.2 Å². The summed E-state index contributed by atoms with van der Waals surface area (Å²) in [5, 5.41) is 0. The Balaban J connectivity index is 1.97. The van der Waals surface area contributed by atoms with Crippen LogP contribution in [-0.4, -0.2) is 16.1 Å². The number of hydrogen-bond donors (Lipinski definition) is 1. The highest BCUT2D eigenvalue weighted by atomic mass is 32.1. The molecule has 1 saturated carbocycles. The maximum absolute atomic E-state index is 5.84. The maximum atomic E-state index is 5.84. The van der Waals surface area contributed by atoms with Crippen LogP contribution < -0.4 is 4.74 Å². The van der Waals surface area contributed by atoms with Crippen LogP contribution in [0, 0.1) is 4.64 Å². The van der Waals surface area contributed by atoms with Crippen LogP contribution in [-0.2, 0) is 0 Å². The molecule has 1 aromatic carbocycles. The van der Waals surface area contributed by atoms with Gasteiger partial charge in [0.1, 0.15) is 16.2 Å². The molecule has 3 rings (SSSR count). The third kappa shape index (κ3) is 3.07. The Morgan fingerprint density at radius 2 is 2.10 bits per heavy atom. The predicted molar refractivity (Wildman–Crippen MR) is 82.6 cm³/mol. The van der Waals surface area contributed by atoms with Gasteiger partial charge in [0.25, 0.3) is 0 Å². The zero-order chi connectivity index (χ0) is 14.1. The fourth-order valence-electron chi connectivity index (χ4n) is 2.02. The van der Waals surface area contributed by atoms with Crippen LogP contribution in [0.15, 0.2) is 30.3 Å². The molecule has 0 radical (unpaired) electrons. The molecule has 0 spiro atoms. The van der Waals surface area contributed by atoms with Gasteiger partial charge in [0.15, 0.2) is 0 Å². The van der Waals surface area contributed by atoms with Gasteiger partial charge in [-0.15, -0.1) is 0 Å². The first-order chi connectivity index (χ1) is 9.61. The summed E-state index contributed by atoms with van der Waals surface area (Å²) >= 11 is 5.26. The van der Waals surface area contributed by atoms with Gasteiger partial charge in [-0.1, -0.05) is 38.2 Å². The lowest BCUT2D eigenvalue weighted by atomic mass is 10.1. The Morgan fingerprint density at radius 3 is 2.80 bits per heavy atom. The van der Waals surface area contributed by atoms with E-state index in [-0.39, 0.29) is 0 Å². The molecule has 3 nitrogen and oxygen atoms in total. The summed E-state index contributed by atoms with van der Waals surface area (Å²) in [6, 6.07) is 10.0. The van der Waals surface area contributed by atoms with Crippen LogP contribution >= 0.6 is 12.2 Å². The first-order valence-electron chi connectivity index (χ1n) is 7.00. The van der Waals surface area contributed by atoms with Crippen molar-refractivity contribution in [3.8, 4) is 17.0 Å². The molecule has 0 atom stereocenters. The third-order valence-electron chi connectivity index (χ3n) is 3.28. The summed E-state index contributed by atoms with van der Waals surface area (Å²) in [6.07, 6.45) is 2.74. The monoisotopic (exact) mass is 286 g/mol. The van der Waals surface area contributed by atoms with Crippen molar-refractivity contribution in [3.05, 3.63) is 40.8 Å². The van der Waals surface area contributed by atoms with Crippen LogP contribution in [0.3, 0.4) is 0 Å². The molecular weight excluding hydrogens is 268 g/mol. The van der Waals surface area contributed by atoms with Crippen LogP contribution in [0.1, 0.15) is 38.4 Å². The molecule has 1 fully saturated rings. The van der Waals surface area contributed by atoms with E-state index in [1.807, 2.05) is 18.2 Å². The first-order valence-corrected chi connectivity index (χ1v) is 7.41. The van der Waals surface area contributed by atoms with Gasteiger partial charge in [-0.2, -0.15) is 0 Å². The fourth-order valence-corrected chi connectivity index (χ4v) is 2.24. The standard InChI is InChI=1S/C16H18N2OS/c1-10(2)16-17-14(9-15(20)18-16)11-4-3-5-13(8-11)19-12-6-7-12/h3-5,8-10,12H,6-7H2,1-2H3,(H,17,18,20). The van der Waals surface area contributed by atoms with Gasteiger partial charge >= 0.3 is 0 Å². The van der Waals surface area contributed by atoms with Crippen molar-refractivity contribution in [3.63, 3.8) is 0 Å². The van der Waals surface area contributed by atoms with Crippen molar-refractivity contribution in [2.24, 2.45) is 0 Å². The lowest BCUT2D eigenvalue weighted by Gasteiger charge is -2.10. The first kappa shape index (κ1) is 13.3. The number of ether oxygens (including phenoxy) is 1. The summed E-state index contributed by atoms with van der Waals surface area (Å²) < 4.78 is 6.46. The molecular formula is C16H18N2OS. The van der Waals surface area contributed by atoms with Crippen LogP contribution in [0.5, 0.6) is 5.75 Å². The van der Waals surface area contributed by atoms with Gasteiger partial charge in [0.05, 0.1) is 6.10 Å². The molecule has 1 aromatic heterocycles. The minimum Gasteiger partial charge on any atom is -0.490 e. The van der Waals surface area contributed by atoms with Crippen LogP contribution in [0.2, 0.25) is 0 Å². The van der Waals surface area contributed by atoms with Crippen molar-refractivity contribution >= 4 is 12.2 Å². The highest BCUT2D eigenvalue weighted by Gasteiger charge is 2.23. The molecule has 0 unspecified atom stereocenters. The summed E-state index contributed by atoms with van der Waals surface area (Å²) in [6.45, 7) is 4.20. The summed E-state index contributed by atoms with van der Waals surface area (Å²) in [7, 11) is 0. The lowest BCUT2D eigenvalue weighted by molar-refractivity contribution is 0.303. The number of aromatic nitrogens is 2. The summed E-state index contributed by atoms with van der Waals surface area (Å²) in [4.78, 5) is 7.73. The lowest BCUT2D eigenvalue weighted by Crippen LogP contribution is -2.00. The number of rotatable bonds is 4. The Bertz CT molecular complexity index is 674. The van der Waals surface area contributed by atoms with Crippen LogP contribution in [0.25, 0.3) is 11.3 Å². The van der Waals surface area contributed by atoms with Crippen molar-refractivity contribution in [2.45, 2.75) is 38.7 Å². The molecule has 1 heterocycles. The second-order valence-electron chi connectivity index (χ2n) is 5.52. The van der Waals surface area contributed by atoms with Gasteiger partial charge in [-0.3, -0.25) is 0 Å². The normalized spacial score (nSPS) is 14.6. The maximum Gasteiger partial charge on any atom is 0.130 e. The number of benzene rings is 1. The van der Waals surface area contributed by atoms with E-state index in [9.17, 15) is 0 Å². The van der Waals surface area contributed by atoms with Crippen molar-refractivity contribution in [1.82, 2.24) is 9.97 Å². The molecule has 0 bridgehead atoms. The van der Waals surface area contributed by atoms with Gasteiger partial charge in [-0.05, 0) is 31.0 Å². The van der Waals surface area contributed by atoms with E-state index in [1.165, 1.54) is 12.8 Å². The molecule has 4 heteroatoms. The molecule has 1 aliphatic rings. The highest BCUT2D eigenvalue weighted by Crippen LogP contribution is 2.29. The smallest absolute Gasteiger partial charge is 0.130 e. The zero-order valence-corrected chi connectivity index (χ0v) is 12.5. The Kier molecular flexibility index (Phi) is 3.57. The van der Waals surface area contributed by atoms with E-state index < -0.39 is 0 Å².